The molecule has 0 spiro atoms. The summed E-state index contributed by atoms with van der Waals surface area (Å²) in [6.45, 7) is 2.99. The number of allylic oxidation sites excluding steroid dienone is 3. The van der Waals surface area contributed by atoms with Crippen LogP contribution in [-0.4, -0.2) is 23.3 Å². The summed E-state index contributed by atoms with van der Waals surface area (Å²) in [7, 11) is 0. The lowest BCUT2D eigenvalue weighted by molar-refractivity contribution is 0.0361. The largest absolute Gasteiger partial charge is 0.383 e. The molecule has 0 bridgehead atoms. The third kappa shape index (κ3) is 1.45. The molecule has 0 aromatic heterocycles. The average Bonchev–Trinajstić information content (AvgIpc) is 2.52. The van der Waals surface area contributed by atoms with E-state index in [4.69, 9.17) is 0 Å². The summed E-state index contributed by atoms with van der Waals surface area (Å²) in [6.07, 6.45) is 12.0. The van der Waals surface area contributed by atoms with Gasteiger partial charge in [-0.15, -0.1) is 0 Å². The number of nitrogens with one attached hydrogen (secondary N) is 1. The van der Waals surface area contributed by atoms with E-state index in [2.05, 4.69) is 11.4 Å². The van der Waals surface area contributed by atoms with Crippen molar-refractivity contribution in [1.29, 1.82) is 0 Å². The molecule has 1 heterocycles. The van der Waals surface area contributed by atoms with Crippen molar-refractivity contribution in [3.05, 3.63) is 36.0 Å². The van der Waals surface area contributed by atoms with Crippen LogP contribution >= 0.6 is 0 Å². The van der Waals surface area contributed by atoms with Crippen molar-refractivity contribution in [2.75, 3.05) is 6.54 Å². The lowest BCUT2D eigenvalue weighted by atomic mass is 9.84. The molecule has 2 rings (SSSR count). The van der Waals surface area contributed by atoms with Crippen LogP contribution in [0.5, 0.6) is 0 Å². The van der Waals surface area contributed by atoms with Crippen LogP contribution in [0.2, 0.25) is 0 Å². The van der Waals surface area contributed by atoms with Gasteiger partial charge in [0.05, 0.1) is 6.04 Å². The Balaban J connectivity index is 2.25. The highest BCUT2D eigenvalue weighted by molar-refractivity contribution is 5.43. The first-order valence-corrected chi connectivity index (χ1v) is 5.25. The van der Waals surface area contributed by atoms with Crippen molar-refractivity contribution in [3.8, 4) is 0 Å². The molecule has 0 saturated carbocycles. The van der Waals surface area contributed by atoms with Gasteiger partial charge in [-0.25, -0.2) is 0 Å². The predicted octanol–water partition coefficient (Wildman–Crippen LogP) is 1.54. The van der Waals surface area contributed by atoms with Crippen molar-refractivity contribution >= 4 is 0 Å². The van der Waals surface area contributed by atoms with Gasteiger partial charge >= 0.3 is 0 Å². The van der Waals surface area contributed by atoms with E-state index in [9.17, 15) is 5.11 Å². The predicted molar refractivity (Wildman–Crippen MR) is 58.0 cm³/mol. The van der Waals surface area contributed by atoms with Crippen LogP contribution < -0.4 is 5.32 Å². The zero-order chi connectivity index (χ0) is 10.0. The van der Waals surface area contributed by atoms with Crippen LogP contribution in [0.25, 0.3) is 0 Å². The monoisotopic (exact) mass is 191 g/mol. The summed E-state index contributed by atoms with van der Waals surface area (Å²) in [5.74, 6) is 0. The first-order chi connectivity index (χ1) is 6.77. The Bertz CT molecular complexity index is 303. The average molecular weight is 191 g/mol. The van der Waals surface area contributed by atoms with Crippen LogP contribution in [0.15, 0.2) is 36.0 Å². The SMILES string of the molecule is C/C=C/C=C1C=C[C@@H]2NCCC[C@]12O. The highest BCUT2D eigenvalue weighted by atomic mass is 16.3. The molecule has 2 heteroatoms. The molecule has 2 aliphatic rings. The molecule has 14 heavy (non-hydrogen) atoms. The number of aliphatic hydroxyl groups is 1. The van der Waals surface area contributed by atoms with Crippen molar-refractivity contribution in [3.63, 3.8) is 0 Å². The lowest BCUT2D eigenvalue weighted by Gasteiger charge is -2.36. The molecule has 1 aliphatic heterocycles. The van der Waals surface area contributed by atoms with E-state index in [-0.39, 0.29) is 6.04 Å². The Morgan fingerprint density at radius 2 is 2.50 bits per heavy atom. The van der Waals surface area contributed by atoms with Crippen molar-refractivity contribution in [2.24, 2.45) is 0 Å². The molecule has 76 valence electrons. The second-order valence-corrected chi connectivity index (χ2v) is 3.97. The third-order valence-electron chi connectivity index (χ3n) is 3.05. The molecule has 1 aliphatic carbocycles. The Morgan fingerprint density at radius 3 is 3.29 bits per heavy atom. The fraction of sp³-hybridized carbons (Fsp3) is 0.500. The van der Waals surface area contributed by atoms with Gasteiger partial charge in [0.25, 0.3) is 0 Å². The van der Waals surface area contributed by atoms with Gasteiger partial charge in [-0.05, 0) is 31.9 Å². The lowest BCUT2D eigenvalue weighted by Crippen LogP contribution is -2.52. The molecule has 1 saturated heterocycles. The maximum absolute atomic E-state index is 10.5. The van der Waals surface area contributed by atoms with E-state index in [0.717, 1.165) is 25.0 Å². The molecule has 1 fully saturated rings. The molecule has 2 nitrogen and oxygen atoms in total. The number of rotatable bonds is 1. The topological polar surface area (TPSA) is 32.3 Å². The van der Waals surface area contributed by atoms with Gasteiger partial charge < -0.3 is 10.4 Å². The normalized spacial score (nSPS) is 39.6. The minimum atomic E-state index is -0.655. The Kier molecular flexibility index (Phi) is 2.57. The Morgan fingerprint density at radius 1 is 1.64 bits per heavy atom. The second-order valence-electron chi connectivity index (χ2n) is 3.97. The molecule has 2 atom stereocenters. The number of piperidine rings is 1. The summed E-state index contributed by atoms with van der Waals surface area (Å²) in [5, 5.41) is 13.8. The highest BCUT2D eigenvalue weighted by Crippen LogP contribution is 2.35. The maximum Gasteiger partial charge on any atom is 0.108 e. The zero-order valence-corrected chi connectivity index (χ0v) is 8.53. The van der Waals surface area contributed by atoms with Crippen molar-refractivity contribution in [1.82, 2.24) is 5.32 Å². The Hall–Kier alpha value is -0.860. The molecule has 2 N–H and O–H groups in total. The summed E-state index contributed by atoms with van der Waals surface area (Å²) < 4.78 is 0. The molecule has 0 radical (unpaired) electrons. The minimum Gasteiger partial charge on any atom is -0.383 e. The van der Waals surface area contributed by atoms with Crippen LogP contribution in [0.3, 0.4) is 0 Å². The quantitative estimate of drug-likeness (QED) is 0.659. The minimum absolute atomic E-state index is 0.118. The van der Waals surface area contributed by atoms with Gasteiger partial charge in [-0.1, -0.05) is 30.4 Å². The second kappa shape index (κ2) is 3.71. The summed E-state index contributed by atoms with van der Waals surface area (Å²) in [6, 6.07) is 0.118. The summed E-state index contributed by atoms with van der Waals surface area (Å²) in [5.41, 5.74) is 0.380. The summed E-state index contributed by atoms with van der Waals surface area (Å²) >= 11 is 0. The van der Waals surface area contributed by atoms with Gasteiger partial charge in [0, 0.05) is 0 Å². The van der Waals surface area contributed by atoms with Crippen LogP contribution in [0.4, 0.5) is 0 Å². The first-order valence-electron chi connectivity index (χ1n) is 5.25. The van der Waals surface area contributed by atoms with E-state index >= 15 is 0 Å². The van der Waals surface area contributed by atoms with E-state index in [1.807, 2.05) is 31.2 Å². The van der Waals surface area contributed by atoms with Gasteiger partial charge in [-0.3, -0.25) is 0 Å². The zero-order valence-electron chi connectivity index (χ0n) is 8.53. The number of hydrogen-bond acceptors (Lipinski definition) is 2. The highest BCUT2D eigenvalue weighted by Gasteiger charge is 2.42. The smallest absolute Gasteiger partial charge is 0.108 e. The van der Waals surface area contributed by atoms with E-state index in [1.54, 1.807) is 0 Å². The van der Waals surface area contributed by atoms with Gasteiger partial charge in [0.15, 0.2) is 0 Å². The van der Waals surface area contributed by atoms with Crippen molar-refractivity contribution < 1.29 is 5.11 Å². The van der Waals surface area contributed by atoms with Crippen LogP contribution in [-0.2, 0) is 0 Å². The summed E-state index contributed by atoms with van der Waals surface area (Å²) in [4.78, 5) is 0. The van der Waals surface area contributed by atoms with E-state index in [1.165, 1.54) is 0 Å². The molecule has 0 unspecified atom stereocenters. The van der Waals surface area contributed by atoms with E-state index < -0.39 is 5.60 Å². The maximum atomic E-state index is 10.5. The molecule has 0 amide bonds. The number of hydrogen-bond donors (Lipinski definition) is 2. The molecular weight excluding hydrogens is 174 g/mol. The molecular formula is C12H17NO. The fourth-order valence-corrected chi connectivity index (χ4v) is 2.23. The third-order valence-corrected chi connectivity index (χ3v) is 3.05. The van der Waals surface area contributed by atoms with Crippen LogP contribution in [0, 0.1) is 0 Å². The first kappa shape index (κ1) is 9.69. The van der Waals surface area contributed by atoms with Gasteiger partial charge in [0.2, 0.25) is 0 Å². The van der Waals surface area contributed by atoms with E-state index in [0.29, 0.717) is 0 Å². The van der Waals surface area contributed by atoms with Gasteiger partial charge in [-0.2, -0.15) is 0 Å². The standard InChI is InChI=1S/C12H17NO/c1-2-3-5-10-6-7-11-12(10,14)8-4-9-13-11/h2-3,5-7,11,13-14H,4,8-9H2,1H3/b3-2+,10-5?/t11-,12-/m0/s1. The Labute approximate surface area is 85.0 Å². The van der Waals surface area contributed by atoms with Gasteiger partial charge in [0.1, 0.15) is 5.60 Å². The van der Waals surface area contributed by atoms with Crippen molar-refractivity contribution in [2.45, 2.75) is 31.4 Å². The number of fused-ring (bicyclic) bond motifs is 1. The van der Waals surface area contributed by atoms with Crippen LogP contribution in [0.1, 0.15) is 19.8 Å². The fourth-order valence-electron chi connectivity index (χ4n) is 2.23. The molecule has 0 aromatic carbocycles. The molecule has 0 aromatic rings.